The largest absolute Gasteiger partial charge is 0.486 e. The normalized spacial score (nSPS) is 16.2. The van der Waals surface area contributed by atoms with Crippen LogP contribution in [0.25, 0.3) is 23.0 Å². The second-order valence-electron chi connectivity index (χ2n) is 8.85. The molecule has 5 rings (SSSR count). The van der Waals surface area contributed by atoms with Crippen molar-refractivity contribution in [3.05, 3.63) is 77.0 Å². The van der Waals surface area contributed by atoms with E-state index in [1.807, 2.05) is 60.8 Å². The van der Waals surface area contributed by atoms with Gasteiger partial charge in [-0.25, -0.2) is 4.68 Å². The van der Waals surface area contributed by atoms with Crippen molar-refractivity contribution in [2.24, 2.45) is 0 Å². The number of carbonyl (C=O) groups is 2. The first kappa shape index (κ1) is 25.0. The Balaban J connectivity index is 1.64. The number of nitriles is 1. The first-order valence-corrected chi connectivity index (χ1v) is 12.2. The molecule has 0 N–H and O–H groups in total. The van der Waals surface area contributed by atoms with Crippen LogP contribution in [0.3, 0.4) is 0 Å². The standard InChI is InChI=1S/C29H26N4O5/c1-19-23(28(34)32(11-6-12-36-2)29(35)24(19)17-30)15-21-18-33(22-7-4-3-5-8-22)31-27(21)20-9-10-25-26(16-20)38-14-13-37-25/h3-5,7-10,15-16,18H,6,11-14H2,1-2H3/b23-15+. The van der Waals surface area contributed by atoms with Crippen LogP contribution in [-0.2, 0) is 14.3 Å². The molecule has 3 heterocycles. The minimum absolute atomic E-state index is 0.0513. The molecular formula is C29H26N4O5. The number of para-hydroxylation sites is 1. The fourth-order valence-electron chi connectivity index (χ4n) is 4.48. The minimum Gasteiger partial charge on any atom is -0.486 e. The Bertz CT molecular complexity index is 1500. The number of nitrogens with zero attached hydrogens (tertiary/aromatic N) is 4. The van der Waals surface area contributed by atoms with Crippen LogP contribution in [0.1, 0.15) is 18.9 Å². The van der Waals surface area contributed by atoms with Crippen LogP contribution in [0.4, 0.5) is 0 Å². The zero-order chi connectivity index (χ0) is 26.6. The van der Waals surface area contributed by atoms with Crippen LogP contribution in [0.2, 0.25) is 0 Å². The summed E-state index contributed by atoms with van der Waals surface area (Å²) < 4.78 is 18.3. The first-order chi connectivity index (χ1) is 18.5. The van der Waals surface area contributed by atoms with E-state index in [0.717, 1.165) is 16.2 Å². The van der Waals surface area contributed by atoms with E-state index in [4.69, 9.17) is 19.3 Å². The first-order valence-electron chi connectivity index (χ1n) is 12.2. The van der Waals surface area contributed by atoms with E-state index in [-0.39, 0.29) is 17.7 Å². The van der Waals surface area contributed by atoms with Crippen molar-refractivity contribution in [2.75, 3.05) is 33.5 Å². The van der Waals surface area contributed by atoms with E-state index in [1.165, 1.54) is 0 Å². The Morgan fingerprint density at radius 1 is 1.08 bits per heavy atom. The highest BCUT2D eigenvalue weighted by atomic mass is 16.6. The maximum absolute atomic E-state index is 13.5. The Hall–Kier alpha value is -4.68. The van der Waals surface area contributed by atoms with E-state index in [0.29, 0.717) is 54.6 Å². The Kier molecular flexibility index (Phi) is 7.07. The Labute approximate surface area is 220 Å². The van der Waals surface area contributed by atoms with Gasteiger partial charge >= 0.3 is 0 Å². The van der Waals surface area contributed by atoms with Gasteiger partial charge in [0.2, 0.25) is 0 Å². The summed E-state index contributed by atoms with van der Waals surface area (Å²) in [6.45, 7) is 3.10. The third-order valence-electron chi connectivity index (χ3n) is 6.43. The van der Waals surface area contributed by atoms with Crippen molar-refractivity contribution in [1.29, 1.82) is 5.26 Å². The molecular weight excluding hydrogens is 484 g/mol. The molecule has 0 radical (unpaired) electrons. The van der Waals surface area contributed by atoms with Crippen LogP contribution in [0, 0.1) is 11.3 Å². The van der Waals surface area contributed by atoms with Crippen molar-refractivity contribution in [3.63, 3.8) is 0 Å². The summed E-state index contributed by atoms with van der Waals surface area (Å²) in [4.78, 5) is 27.5. The van der Waals surface area contributed by atoms with E-state index < -0.39 is 11.8 Å². The van der Waals surface area contributed by atoms with Crippen LogP contribution < -0.4 is 9.47 Å². The summed E-state index contributed by atoms with van der Waals surface area (Å²) in [6.07, 6.45) is 3.99. The predicted molar refractivity (Wildman–Crippen MR) is 139 cm³/mol. The number of rotatable bonds is 7. The number of aromatic nitrogens is 2. The summed E-state index contributed by atoms with van der Waals surface area (Å²) in [7, 11) is 1.56. The molecule has 0 saturated heterocycles. The Morgan fingerprint density at radius 3 is 2.58 bits per heavy atom. The smallest absolute Gasteiger partial charge is 0.271 e. The van der Waals surface area contributed by atoms with Gasteiger partial charge < -0.3 is 14.2 Å². The maximum Gasteiger partial charge on any atom is 0.271 e. The molecule has 0 aliphatic carbocycles. The molecule has 9 nitrogen and oxygen atoms in total. The van der Waals surface area contributed by atoms with E-state index >= 15 is 0 Å². The van der Waals surface area contributed by atoms with E-state index in [1.54, 1.807) is 24.8 Å². The summed E-state index contributed by atoms with van der Waals surface area (Å²) in [5, 5.41) is 14.6. The molecule has 0 fully saturated rings. The molecule has 2 aromatic carbocycles. The number of methoxy groups -OCH3 is 1. The molecule has 9 heteroatoms. The second-order valence-corrected chi connectivity index (χ2v) is 8.85. The van der Waals surface area contributed by atoms with Crippen molar-refractivity contribution < 1.29 is 23.8 Å². The zero-order valence-electron chi connectivity index (χ0n) is 21.1. The SMILES string of the molecule is COCCCN1C(=O)C(C#N)=C(C)/C(=C\c2cn(-c3ccccc3)nc2-c2ccc3c(c2)OCCO3)C1=O. The van der Waals surface area contributed by atoms with Crippen LogP contribution in [0.5, 0.6) is 11.5 Å². The number of amides is 2. The molecule has 0 spiro atoms. The van der Waals surface area contributed by atoms with Crippen molar-refractivity contribution in [3.8, 4) is 34.5 Å². The summed E-state index contributed by atoms with van der Waals surface area (Å²) in [6, 6.07) is 17.2. The van der Waals surface area contributed by atoms with Gasteiger partial charge in [0.15, 0.2) is 11.5 Å². The zero-order valence-corrected chi connectivity index (χ0v) is 21.1. The monoisotopic (exact) mass is 510 g/mol. The van der Waals surface area contributed by atoms with Crippen molar-refractivity contribution in [2.45, 2.75) is 13.3 Å². The molecule has 2 aliphatic rings. The number of hydrogen-bond acceptors (Lipinski definition) is 7. The molecule has 0 unspecified atom stereocenters. The number of ether oxygens (including phenoxy) is 3. The lowest BCUT2D eigenvalue weighted by Gasteiger charge is -2.27. The number of imide groups is 1. The number of carbonyl (C=O) groups excluding carboxylic acids is 2. The van der Waals surface area contributed by atoms with E-state index in [9.17, 15) is 14.9 Å². The fraction of sp³-hybridized carbons (Fsp3) is 0.241. The van der Waals surface area contributed by atoms with Gasteiger partial charge in [-0.2, -0.15) is 10.4 Å². The molecule has 192 valence electrons. The molecule has 1 aromatic heterocycles. The molecule has 38 heavy (non-hydrogen) atoms. The quantitative estimate of drug-likeness (QED) is 0.269. The van der Waals surface area contributed by atoms with E-state index in [2.05, 4.69) is 0 Å². The molecule has 0 atom stereocenters. The average molecular weight is 511 g/mol. The number of benzene rings is 2. The topological polar surface area (TPSA) is 107 Å². The van der Waals surface area contributed by atoms with Crippen LogP contribution >= 0.6 is 0 Å². The highest BCUT2D eigenvalue weighted by molar-refractivity contribution is 6.19. The molecule has 2 amide bonds. The predicted octanol–water partition coefficient (Wildman–Crippen LogP) is 3.94. The van der Waals surface area contributed by atoms with Crippen LogP contribution in [-0.4, -0.2) is 60.0 Å². The highest BCUT2D eigenvalue weighted by Crippen LogP contribution is 2.37. The molecule has 2 aliphatic heterocycles. The lowest BCUT2D eigenvalue weighted by molar-refractivity contribution is -0.140. The van der Waals surface area contributed by atoms with Gasteiger partial charge in [-0.1, -0.05) is 18.2 Å². The van der Waals surface area contributed by atoms with Gasteiger partial charge in [0.25, 0.3) is 11.8 Å². The van der Waals surface area contributed by atoms with Crippen molar-refractivity contribution in [1.82, 2.24) is 14.7 Å². The Morgan fingerprint density at radius 2 is 1.84 bits per heavy atom. The molecule has 0 bridgehead atoms. The third kappa shape index (κ3) is 4.69. The summed E-state index contributed by atoms with van der Waals surface area (Å²) in [5.41, 5.74) is 3.43. The summed E-state index contributed by atoms with van der Waals surface area (Å²) in [5.74, 6) is 0.235. The summed E-state index contributed by atoms with van der Waals surface area (Å²) >= 11 is 0. The van der Waals surface area contributed by atoms with Gasteiger partial charge in [0.05, 0.1) is 5.69 Å². The lowest BCUT2D eigenvalue weighted by Crippen LogP contribution is -2.43. The van der Waals surface area contributed by atoms with Crippen molar-refractivity contribution >= 4 is 17.9 Å². The fourth-order valence-corrected chi connectivity index (χ4v) is 4.48. The van der Waals surface area contributed by atoms with Gasteiger partial charge in [-0.15, -0.1) is 0 Å². The second kappa shape index (κ2) is 10.7. The molecule has 0 saturated carbocycles. The van der Waals surface area contributed by atoms with Gasteiger partial charge in [-0.3, -0.25) is 14.5 Å². The highest BCUT2D eigenvalue weighted by Gasteiger charge is 2.35. The number of hydrogen-bond donors (Lipinski definition) is 0. The lowest BCUT2D eigenvalue weighted by atomic mass is 9.93. The third-order valence-corrected chi connectivity index (χ3v) is 6.43. The minimum atomic E-state index is -0.588. The van der Waals surface area contributed by atoms with Gasteiger partial charge in [0, 0.05) is 43.2 Å². The number of fused-ring (bicyclic) bond motifs is 1. The van der Waals surface area contributed by atoms with Gasteiger partial charge in [0.1, 0.15) is 30.6 Å². The maximum atomic E-state index is 13.5. The average Bonchev–Trinajstić information content (AvgIpc) is 3.37. The van der Waals surface area contributed by atoms with Gasteiger partial charge in [-0.05, 0) is 55.3 Å². The molecule has 3 aromatic rings. The van der Waals surface area contributed by atoms with Crippen LogP contribution in [0.15, 0.2) is 71.4 Å².